The van der Waals surface area contributed by atoms with Gasteiger partial charge in [0.1, 0.15) is 5.75 Å². The maximum Gasteiger partial charge on any atom is 0.142 e. The molecule has 0 atom stereocenters. The molecular formula is C12H18BrNO2. The van der Waals surface area contributed by atoms with E-state index in [-0.39, 0.29) is 0 Å². The molecule has 0 fully saturated rings. The van der Waals surface area contributed by atoms with E-state index in [4.69, 9.17) is 9.47 Å². The van der Waals surface area contributed by atoms with Gasteiger partial charge in [0.25, 0.3) is 0 Å². The molecule has 0 aliphatic rings. The van der Waals surface area contributed by atoms with Crippen molar-refractivity contribution in [3.63, 3.8) is 0 Å². The molecule has 4 heteroatoms. The van der Waals surface area contributed by atoms with Crippen molar-refractivity contribution in [2.24, 2.45) is 0 Å². The molecule has 0 bridgehead atoms. The van der Waals surface area contributed by atoms with E-state index in [9.17, 15) is 0 Å². The molecule has 1 N–H and O–H groups in total. The fourth-order valence-corrected chi connectivity index (χ4v) is 1.72. The number of benzene rings is 1. The lowest BCUT2D eigenvalue weighted by Gasteiger charge is -2.11. The Labute approximate surface area is 105 Å². The minimum atomic E-state index is 0.778. The van der Waals surface area contributed by atoms with Gasteiger partial charge in [0.05, 0.1) is 12.8 Å². The first-order chi connectivity index (χ1) is 7.77. The van der Waals surface area contributed by atoms with Crippen LogP contribution in [0, 0.1) is 0 Å². The van der Waals surface area contributed by atoms with Crippen molar-refractivity contribution in [1.29, 1.82) is 0 Å². The Morgan fingerprint density at radius 1 is 1.38 bits per heavy atom. The Hall–Kier alpha value is -0.740. The largest absolute Gasteiger partial charge is 0.495 e. The highest BCUT2D eigenvalue weighted by Crippen LogP contribution is 2.27. The number of methoxy groups -OCH3 is 1. The second kappa shape index (κ2) is 7.52. The molecule has 0 amide bonds. The normalized spacial score (nSPS) is 10.2. The minimum Gasteiger partial charge on any atom is -0.495 e. The molecule has 3 nitrogen and oxygen atoms in total. The summed E-state index contributed by atoms with van der Waals surface area (Å²) in [5.74, 6) is 0.861. The molecule has 1 rings (SSSR count). The highest BCUT2D eigenvalue weighted by atomic mass is 79.9. The van der Waals surface area contributed by atoms with Crippen molar-refractivity contribution < 1.29 is 9.47 Å². The predicted octanol–water partition coefficient (Wildman–Crippen LogP) is 3.30. The number of hydrogen-bond acceptors (Lipinski definition) is 3. The van der Waals surface area contributed by atoms with Gasteiger partial charge in [-0.25, -0.2) is 0 Å². The second-order valence-electron chi connectivity index (χ2n) is 3.32. The van der Waals surface area contributed by atoms with E-state index in [1.54, 1.807) is 7.11 Å². The van der Waals surface area contributed by atoms with Crippen LogP contribution >= 0.6 is 15.9 Å². The predicted molar refractivity (Wildman–Crippen MR) is 70.3 cm³/mol. The van der Waals surface area contributed by atoms with E-state index in [0.717, 1.165) is 42.1 Å². The van der Waals surface area contributed by atoms with Crippen molar-refractivity contribution in [2.75, 3.05) is 32.2 Å². The van der Waals surface area contributed by atoms with Crippen LogP contribution in [-0.2, 0) is 4.74 Å². The molecule has 0 saturated heterocycles. The third-order valence-electron chi connectivity index (χ3n) is 2.15. The Bertz CT molecular complexity index is 318. The van der Waals surface area contributed by atoms with Gasteiger partial charge < -0.3 is 14.8 Å². The van der Waals surface area contributed by atoms with Crippen molar-refractivity contribution in [3.8, 4) is 5.75 Å². The molecule has 1 aromatic rings. The molecule has 0 radical (unpaired) electrons. The first-order valence-electron chi connectivity index (χ1n) is 5.43. The summed E-state index contributed by atoms with van der Waals surface area (Å²) in [6.45, 7) is 4.46. The Morgan fingerprint density at radius 2 is 2.19 bits per heavy atom. The van der Waals surface area contributed by atoms with E-state index < -0.39 is 0 Å². The Kier molecular flexibility index (Phi) is 6.26. The molecule has 16 heavy (non-hydrogen) atoms. The van der Waals surface area contributed by atoms with E-state index >= 15 is 0 Å². The van der Waals surface area contributed by atoms with Crippen LogP contribution in [0.2, 0.25) is 0 Å². The molecular weight excluding hydrogens is 270 g/mol. The van der Waals surface area contributed by atoms with Gasteiger partial charge in [-0.2, -0.15) is 0 Å². The zero-order valence-corrected chi connectivity index (χ0v) is 11.3. The van der Waals surface area contributed by atoms with Crippen LogP contribution in [0.1, 0.15) is 13.3 Å². The van der Waals surface area contributed by atoms with Gasteiger partial charge >= 0.3 is 0 Å². The Morgan fingerprint density at radius 3 is 2.88 bits per heavy atom. The lowest BCUT2D eigenvalue weighted by atomic mass is 10.3. The number of anilines is 1. The van der Waals surface area contributed by atoms with Gasteiger partial charge in [-0.3, -0.25) is 0 Å². The van der Waals surface area contributed by atoms with Crippen molar-refractivity contribution in [2.45, 2.75) is 13.3 Å². The first kappa shape index (κ1) is 13.3. The topological polar surface area (TPSA) is 30.5 Å². The summed E-state index contributed by atoms with van der Waals surface area (Å²) in [7, 11) is 1.68. The van der Waals surface area contributed by atoms with Crippen LogP contribution in [-0.4, -0.2) is 26.9 Å². The summed E-state index contributed by atoms with van der Waals surface area (Å²) in [5.41, 5.74) is 1.01. The summed E-state index contributed by atoms with van der Waals surface area (Å²) in [6.07, 6.45) is 0.990. The average Bonchev–Trinajstić information content (AvgIpc) is 2.29. The molecule has 0 saturated carbocycles. The number of nitrogens with one attached hydrogen (secondary N) is 1. The van der Waals surface area contributed by atoms with Crippen LogP contribution < -0.4 is 10.1 Å². The maximum absolute atomic E-state index is 5.27. The standard InChI is InChI=1S/C12H18BrNO2/c1-3-16-8-4-7-14-11-9-10(13)5-6-12(11)15-2/h5-6,9,14H,3-4,7-8H2,1-2H3. The van der Waals surface area contributed by atoms with Gasteiger partial charge in [0.2, 0.25) is 0 Å². The van der Waals surface area contributed by atoms with Crippen LogP contribution in [0.25, 0.3) is 0 Å². The number of hydrogen-bond donors (Lipinski definition) is 1. The van der Waals surface area contributed by atoms with E-state index in [1.807, 2.05) is 25.1 Å². The van der Waals surface area contributed by atoms with Crippen LogP contribution in [0.5, 0.6) is 5.75 Å². The van der Waals surface area contributed by atoms with Gasteiger partial charge in [-0.1, -0.05) is 15.9 Å². The minimum absolute atomic E-state index is 0.778. The molecule has 0 spiro atoms. The van der Waals surface area contributed by atoms with E-state index in [1.165, 1.54) is 0 Å². The van der Waals surface area contributed by atoms with Gasteiger partial charge in [0.15, 0.2) is 0 Å². The fraction of sp³-hybridized carbons (Fsp3) is 0.500. The maximum atomic E-state index is 5.27. The van der Waals surface area contributed by atoms with Crippen molar-refractivity contribution in [3.05, 3.63) is 22.7 Å². The molecule has 90 valence electrons. The molecule has 0 heterocycles. The highest BCUT2D eigenvalue weighted by molar-refractivity contribution is 9.10. The molecule has 0 aliphatic carbocycles. The number of ether oxygens (including phenoxy) is 2. The monoisotopic (exact) mass is 287 g/mol. The van der Waals surface area contributed by atoms with Crippen LogP contribution in [0.3, 0.4) is 0 Å². The van der Waals surface area contributed by atoms with E-state index in [2.05, 4.69) is 21.2 Å². The summed E-state index contributed by atoms with van der Waals surface area (Å²) >= 11 is 3.44. The van der Waals surface area contributed by atoms with Gasteiger partial charge in [-0.05, 0) is 31.5 Å². The molecule has 1 aromatic carbocycles. The Balaban J connectivity index is 2.42. The smallest absolute Gasteiger partial charge is 0.142 e. The zero-order valence-electron chi connectivity index (χ0n) is 9.75. The summed E-state index contributed by atoms with van der Waals surface area (Å²) in [5, 5.41) is 3.33. The third-order valence-corrected chi connectivity index (χ3v) is 2.64. The number of halogens is 1. The molecule has 0 aliphatic heterocycles. The summed E-state index contributed by atoms with van der Waals surface area (Å²) < 4.78 is 11.6. The third kappa shape index (κ3) is 4.41. The fourth-order valence-electron chi connectivity index (χ4n) is 1.36. The lowest BCUT2D eigenvalue weighted by molar-refractivity contribution is 0.147. The number of rotatable bonds is 7. The second-order valence-corrected chi connectivity index (χ2v) is 4.24. The van der Waals surface area contributed by atoms with Gasteiger partial charge in [0, 0.05) is 24.2 Å². The van der Waals surface area contributed by atoms with E-state index in [0.29, 0.717) is 0 Å². The average molecular weight is 288 g/mol. The lowest BCUT2D eigenvalue weighted by Crippen LogP contribution is -2.06. The van der Waals surface area contributed by atoms with Crippen LogP contribution in [0.4, 0.5) is 5.69 Å². The molecule has 0 aromatic heterocycles. The first-order valence-corrected chi connectivity index (χ1v) is 6.22. The SMILES string of the molecule is CCOCCCNc1cc(Br)ccc1OC. The summed E-state index contributed by atoms with van der Waals surface area (Å²) in [4.78, 5) is 0. The van der Waals surface area contributed by atoms with Crippen molar-refractivity contribution in [1.82, 2.24) is 0 Å². The van der Waals surface area contributed by atoms with Gasteiger partial charge in [-0.15, -0.1) is 0 Å². The zero-order chi connectivity index (χ0) is 11.8. The quantitative estimate of drug-likeness (QED) is 0.781. The summed E-state index contributed by atoms with van der Waals surface area (Å²) in [6, 6.07) is 5.92. The van der Waals surface area contributed by atoms with Crippen molar-refractivity contribution >= 4 is 21.6 Å². The van der Waals surface area contributed by atoms with Crippen LogP contribution in [0.15, 0.2) is 22.7 Å². The highest BCUT2D eigenvalue weighted by Gasteiger charge is 2.02. The molecule has 0 unspecified atom stereocenters.